The van der Waals surface area contributed by atoms with Gasteiger partial charge in [0.25, 0.3) is 0 Å². The Morgan fingerprint density at radius 1 is 0.326 bits per heavy atom. The molecule has 202 valence electrons. The van der Waals surface area contributed by atoms with Gasteiger partial charge in [-0.15, -0.1) is 0 Å². The third kappa shape index (κ3) is 4.34. The summed E-state index contributed by atoms with van der Waals surface area (Å²) in [5.41, 5.74) is 8.28. The predicted octanol–water partition coefficient (Wildman–Crippen LogP) is 11.9. The van der Waals surface area contributed by atoms with Crippen molar-refractivity contribution in [2.45, 2.75) is 0 Å². The SMILES string of the molecule is c1ccc(-c2cccc(N(c3ccccc3)c3c(-c4cccc5ccccc45)c4ccccc4c4ccccc34)c2)cc1. The van der Waals surface area contributed by atoms with Crippen LogP contribution < -0.4 is 4.90 Å². The van der Waals surface area contributed by atoms with E-state index in [0.717, 1.165) is 11.4 Å². The highest BCUT2D eigenvalue weighted by molar-refractivity contribution is 6.24. The molecule has 0 unspecified atom stereocenters. The van der Waals surface area contributed by atoms with Crippen LogP contribution >= 0.6 is 0 Å². The van der Waals surface area contributed by atoms with Gasteiger partial charge in [-0.25, -0.2) is 0 Å². The topological polar surface area (TPSA) is 3.24 Å². The summed E-state index contributed by atoms with van der Waals surface area (Å²) in [6, 6.07) is 63.5. The second-order valence-electron chi connectivity index (χ2n) is 10.9. The standard InChI is InChI=1S/C42H29N/c1-3-15-30(16-4-1)32-19-13-22-34(29-32)43(33-20-5-2-6-21-33)42-40-27-12-10-25-37(40)36-24-9-11-26-39(36)41(42)38-28-14-18-31-17-7-8-23-35(31)38/h1-29H. The lowest BCUT2D eigenvalue weighted by atomic mass is 9.88. The number of hydrogen-bond acceptors (Lipinski definition) is 1. The zero-order valence-corrected chi connectivity index (χ0v) is 23.7. The molecule has 8 aromatic rings. The van der Waals surface area contributed by atoms with Crippen LogP contribution in [0.15, 0.2) is 176 Å². The zero-order chi connectivity index (χ0) is 28.6. The van der Waals surface area contributed by atoms with Gasteiger partial charge >= 0.3 is 0 Å². The van der Waals surface area contributed by atoms with Gasteiger partial charge in [-0.05, 0) is 67.9 Å². The van der Waals surface area contributed by atoms with Gasteiger partial charge in [0, 0.05) is 22.3 Å². The van der Waals surface area contributed by atoms with E-state index in [9.17, 15) is 0 Å². The second-order valence-corrected chi connectivity index (χ2v) is 10.9. The van der Waals surface area contributed by atoms with Crippen molar-refractivity contribution in [1.82, 2.24) is 0 Å². The minimum Gasteiger partial charge on any atom is -0.309 e. The van der Waals surface area contributed by atoms with Crippen LogP contribution in [0.25, 0.3) is 54.6 Å². The number of nitrogens with zero attached hydrogens (tertiary/aromatic N) is 1. The first-order chi connectivity index (χ1) is 21.4. The molecule has 0 N–H and O–H groups in total. The van der Waals surface area contributed by atoms with E-state index < -0.39 is 0 Å². The van der Waals surface area contributed by atoms with E-state index in [1.165, 1.54) is 60.3 Å². The van der Waals surface area contributed by atoms with Crippen LogP contribution in [0.4, 0.5) is 17.1 Å². The Balaban J connectivity index is 1.54. The molecule has 0 aliphatic rings. The Labute approximate surface area is 251 Å². The molecule has 0 heterocycles. The predicted molar refractivity (Wildman–Crippen MR) is 185 cm³/mol. The van der Waals surface area contributed by atoms with Gasteiger partial charge < -0.3 is 4.90 Å². The van der Waals surface area contributed by atoms with Gasteiger partial charge in [-0.2, -0.15) is 0 Å². The molecule has 1 heteroatoms. The van der Waals surface area contributed by atoms with Crippen molar-refractivity contribution in [1.29, 1.82) is 0 Å². The Hall–Kier alpha value is -5.66. The van der Waals surface area contributed by atoms with Crippen LogP contribution in [0.5, 0.6) is 0 Å². The molecule has 0 atom stereocenters. The number of hydrogen-bond donors (Lipinski definition) is 0. The quantitative estimate of drug-likeness (QED) is 0.194. The van der Waals surface area contributed by atoms with Crippen molar-refractivity contribution in [3.63, 3.8) is 0 Å². The van der Waals surface area contributed by atoms with Crippen LogP contribution in [0.2, 0.25) is 0 Å². The molecule has 0 bridgehead atoms. The second kappa shape index (κ2) is 10.6. The van der Waals surface area contributed by atoms with Gasteiger partial charge in [-0.3, -0.25) is 0 Å². The number of fused-ring (bicyclic) bond motifs is 4. The fraction of sp³-hybridized carbons (Fsp3) is 0. The lowest BCUT2D eigenvalue weighted by Gasteiger charge is -2.31. The Kier molecular flexibility index (Phi) is 6.20. The fourth-order valence-corrected chi connectivity index (χ4v) is 6.51. The van der Waals surface area contributed by atoms with Crippen molar-refractivity contribution in [3.8, 4) is 22.3 Å². The maximum absolute atomic E-state index is 2.46. The first kappa shape index (κ1) is 25.1. The maximum atomic E-state index is 2.46. The molecule has 1 nitrogen and oxygen atoms in total. The molecule has 0 aromatic heterocycles. The van der Waals surface area contributed by atoms with Crippen LogP contribution in [0, 0.1) is 0 Å². The van der Waals surface area contributed by atoms with Gasteiger partial charge in [0.1, 0.15) is 0 Å². The highest BCUT2D eigenvalue weighted by atomic mass is 15.1. The Bertz CT molecular complexity index is 2230. The van der Waals surface area contributed by atoms with E-state index in [4.69, 9.17) is 0 Å². The van der Waals surface area contributed by atoms with Crippen LogP contribution in [0.1, 0.15) is 0 Å². The van der Waals surface area contributed by atoms with E-state index in [1.807, 2.05) is 0 Å². The summed E-state index contributed by atoms with van der Waals surface area (Å²) in [5.74, 6) is 0. The highest BCUT2D eigenvalue weighted by Gasteiger charge is 2.24. The summed E-state index contributed by atoms with van der Waals surface area (Å²) in [4.78, 5) is 2.46. The molecule has 43 heavy (non-hydrogen) atoms. The van der Waals surface area contributed by atoms with Crippen LogP contribution in [-0.2, 0) is 0 Å². The molecule has 0 radical (unpaired) electrons. The summed E-state index contributed by atoms with van der Waals surface area (Å²) in [6.45, 7) is 0. The molecule has 8 aromatic carbocycles. The minimum absolute atomic E-state index is 1.12. The molecule has 0 amide bonds. The summed E-state index contributed by atoms with van der Waals surface area (Å²) in [5, 5.41) is 7.46. The van der Waals surface area contributed by atoms with Gasteiger partial charge in [0.05, 0.1) is 5.69 Å². The smallest absolute Gasteiger partial charge is 0.0625 e. The Morgan fingerprint density at radius 2 is 0.837 bits per heavy atom. The molecule has 0 spiro atoms. The summed E-state index contributed by atoms with van der Waals surface area (Å²) in [6.07, 6.45) is 0. The first-order valence-electron chi connectivity index (χ1n) is 14.8. The summed E-state index contributed by atoms with van der Waals surface area (Å²) < 4.78 is 0. The maximum Gasteiger partial charge on any atom is 0.0625 e. The van der Waals surface area contributed by atoms with E-state index in [0.29, 0.717) is 0 Å². The molecule has 0 aliphatic heterocycles. The molecular formula is C42H29N. The van der Waals surface area contributed by atoms with Crippen molar-refractivity contribution in [2.75, 3.05) is 4.90 Å². The first-order valence-corrected chi connectivity index (χ1v) is 14.8. The van der Waals surface area contributed by atoms with E-state index in [-0.39, 0.29) is 0 Å². The van der Waals surface area contributed by atoms with Gasteiger partial charge in [0.2, 0.25) is 0 Å². The third-order valence-electron chi connectivity index (χ3n) is 8.41. The lowest BCUT2D eigenvalue weighted by molar-refractivity contribution is 1.30. The van der Waals surface area contributed by atoms with Gasteiger partial charge in [-0.1, -0.05) is 152 Å². The number of rotatable bonds is 5. The minimum atomic E-state index is 1.12. The van der Waals surface area contributed by atoms with E-state index >= 15 is 0 Å². The van der Waals surface area contributed by atoms with Crippen molar-refractivity contribution in [2.24, 2.45) is 0 Å². The fourth-order valence-electron chi connectivity index (χ4n) is 6.51. The molecule has 0 aliphatic carbocycles. The largest absolute Gasteiger partial charge is 0.309 e. The molecule has 0 saturated carbocycles. The van der Waals surface area contributed by atoms with Crippen LogP contribution in [0.3, 0.4) is 0 Å². The molecule has 0 saturated heterocycles. The zero-order valence-electron chi connectivity index (χ0n) is 23.7. The number of benzene rings is 8. The van der Waals surface area contributed by atoms with Crippen molar-refractivity contribution in [3.05, 3.63) is 176 Å². The third-order valence-corrected chi connectivity index (χ3v) is 8.41. The number of para-hydroxylation sites is 1. The Morgan fingerprint density at radius 3 is 1.60 bits per heavy atom. The molecular weight excluding hydrogens is 518 g/mol. The van der Waals surface area contributed by atoms with E-state index in [1.54, 1.807) is 0 Å². The average Bonchev–Trinajstić information content (AvgIpc) is 3.09. The normalized spacial score (nSPS) is 11.3. The average molecular weight is 548 g/mol. The summed E-state index contributed by atoms with van der Waals surface area (Å²) in [7, 11) is 0. The molecule has 8 rings (SSSR count). The summed E-state index contributed by atoms with van der Waals surface area (Å²) >= 11 is 0. The monoisotopic (exact) mass is 547 g/mol. The lowest BCUT2D eigenvalue weighted by Crippen LogP contribution is -2.12. The van der Waals surface area contributed by atoms with Crippen molar-refractivity contribution < 1.29 is 0 Å². The van der Waals surface area contributed by atoms with Crippen LogP contribution in [-0.4, -0.2) is 0 Å². The van der Waals surface area contributed by atoms with Crippen molar-refractivity contribution >= 4 is 49.4 Å². The highest BCUT2D eigenvalue weighted by Crippen LogP contribution is 2.50. The van der Waals surface area contributed by atoms with Gasteiger partial charge in [0.15, 0.2) is 0 Å². The molecule has 0 fully saturated rings. The number of anilines is 3. The van der Waals surface area contributed by atoms with E-state index in [2.05, 4.69) is 181 Å².